The Labute approximate surface area is 98.4 Å². The molecule has 1 aromatic carbocycles. The van der Waals surface area contributed by atoms with E-state index in [4.69, 9.17) is 10.3 Å². The fourth-order valence-electron chi connectivity index (χ4n) is 1.64. The number of hydrogen-bond acceptors (Lipinski definition) is 4. The van der Waals surface area contributed by atoms with Crippen LogP contribution < -0.4 is 11.3 Å². The molecule has 0 unspecified atom stereocenters. The molecule has 0 saturated carbocycles. The van der Waals surface area contributed by atoms with Gasteiger partial charge in [0.05, 0.1) is 0 Å². The fraction of sp³-hybridized carbons (Fsp3) is 0.273. The molecule has 3 N–H and O–H groups in total. The first kappa shape index (κ1) is 11.4. The summed E-state index contributed by atoms with van der Waals surface area (Å²) < 4.78 is 5.37. The van der Waals surface area contributed by atoms with E-state index < -0.39 is 0 Å². The molecule has 90 valence electrons. The van der Waals surface area contributed by atoms with E-state index >= 15 is 0 Å². The van der Waals surface area contributed by atoms with Crippen molar-refractivity contribution >= 4 is 17.1 Å². The molecule has 0 radical (unpaired) electrons. The average Bonchev–Trinajstić information content (AvgIpc) is 2.67. The lowest BCUT2D eigenvalue weighted by Crippen LogP contribution is -2.40. The minimum Gasteiger partial charge on any atom is -0.441 e. The number of rotatable bonds is 2. The standard InChI is InChI=1S/C11H14N4O2/c1-7-13-9-5-8(3-4-10(9)17-7)6-15(2)11(16)14-12/h3-5H,6,12H2,1-2H3,(H,14,16). The minimum absolute atomic E-state index is 0.332. The van der Waals surface area contributed by atoms with Crippen LogP contribution in [-0.4, -0.2) is 23.0 Å². The summed E-state index contributed by atoms with van der Waals surface area (Å²) >= 11 is 0. The Morgan fingerprint density at radius 2 is 2.35 bits per heavy atom. The highest BCUT2D eigenvalue weighted by molar-refractivity contribution is 5.75. The number of nitrogens with one attached hydrogen (secondary N) is 1. The number of nitrogens with two attached hydrogens (primary N) is 1. The van der Waals surface area contributed by atoms with Gasteiger partial charge in [-0.05, 0) is 17.7 Å². The molecule has 1 heterocycles. The first-order chi connectivity index (χ1) is 8.10. The number of carbonyl (C=O) groups excluding carboxylic acids is 1. The van der Waals surface area contributed by atoms with Crippen molar-refractivity contribution in [3.05, 3.63) is 29.7 Å². The van der Waals surface area contributed by atoms with Crippen molar-refractivity contribution in [3.63, 3.8) is 0 Å². The summed E-state index contributed by atoms with van der Waals surface area (Å²) in [6, 6.07) is 5.31. The van der Waals surface area contributed by atoms with Crippen molar-refractivity contribution in [3.8, 4) is 0 Å². The van der Waals surface area contributed by atoms with E-state index in [1.807, 2.05) is 18.2 Å². The summed E-state index contributed by atoms with van der Waals surface area (Å²) in [7, 11) is 1.67. The van der Waals surface area contributed by atoms with Gasteiger partial charge in [0.15, 0.2) is 11.5 Å². The molecule has 2 rings (SSSR count). The third kappa shape index (κ3) is 2.36. The number of benzene rings is 1. The molecule has 0 atom stereocenters. The molecule has 17 heavy (non-hydrogen) atoms. The lowest BCUT2D eigenvalue weighted by Gasteiger charge is -2.15. The molecular weight excluding hydrogens is 220 g/mol. The maximum Gasteiger partial charge on any atom is 0.331 e. The number of amides is 2. The van der Waals surface area contributed by atoms with Crippen LogP contribution in [0.25, 0.3) is 11.1 Å². The van der Waals surface area contributed by atoms with Gasteiger partial charge in [-0.25, -0.2) is 15.6 Å². The highest BCUT2D eigenvalue weighted by Crippen LogP contribution is 2.17. The molecule has 0 bridgehead atoms. The van der Waals surface area contributed by atoms with Crippen LogP contribution in [0.1, 0.15) is 11.5 Å². The fourth-order valence-corrected chi connectivity index (χ4v) is 1.64. The quantitative estimate of drug-likeness (QED) is 0.464. The number of hydrogen-bond donors (Lipinski definition) is 2. The smallest absolute Gasteiger partial charge is 0.331 e. The summed E-state index contributed by atoms with van der Waals surface area (Å²) in [4.78, 5) is 17.0. The van der Waals surface area contributed by atoms with Crippen molar-refractivity contribution < 1.29 is 9.21 Å². The first-order valence-corrected chi connectivity index (χ1v) is 5.18. The Kier molecular flexibility index (Phi) is 2.97. The highest BCUT2D eigenvalue weighted by atomic mass is 16.3. The van der Waals surface area contributed by atoms with E-state index in [1.54, 1.807) is 14.0 Å². The van der Waals surface area contributed by atoms with Gasteiger partial charge in [0.2, 0.25) is 0 Å². The van der Waals surface area contributed by atoms with E-state index in [9.17, 15) is 4.79 Å². The molecule has 0 fully saturated rings. The molecule has 0 aliphatic heterocycles. The molecule has 0 spiro atoms. The van der Waals surface area contributed by atoms with Crippen LogP contribution in [0.2, 0.25) is 0 Å². The molecule has 0 aliphatic carbocycles. The van der Waals surface area contributed by atoms with Gasteiger partial charge in [0.25, 0.3) is 0 Å². The molecule has 1 aromatic heterocycles. The number of aromatic nitrogens is 1. The van der Waals surface area contributed by atoms with Crippen molar-refractivity contribution in [2.75, 3.05) is 7.05 Å². The van der Waals surface area contributed by atoms with Crippen molar-refractivity contribution in [1.82, 2.24) is 15.3 Å². The summed E-state index contributed by atoms with van der Waals surface area (Å²) in [6.07, 6.45) is 0. The van der Waals surface area contributed by atoms with E-state index in [1.165, 1.54) is 4.90 Å². The number of carbonyl (C=O) groups is 1. The maximum atomic E-state index is 11.2. The molecule has 6 nitrogen and oxygen atoms in total. The Morgan fingerprint density at radius 3 is 3.06 bits per heavy atom. The third-order valence-electron chi connectivity index (χ3n) is 2.45. The SMILES string of the molecule is Cc1nc2cc(CN(C)C(=O)NN)ccc2o1. The van der Waals surface area contributed by atoms with Gasteiger partial charge < -0.3 is 9.32 Å². The van der Waals surface area contributed by atoms with Crippen LogP contribution in [0.5, 0.6) is 0 Å². The number of hydrazine groups is 1. The van der Waals surface area contributed by atoms with Gasteiger partial charge in [-0.3, -0.25) is 5.43 Å². The van der Waals surface area contributed by atoms with E-state index in [-0.39, 0.29) is 6.03 Å². The van der Waals surface area contributed by atoms with Crippen LogP contribution in [0.3, 0.4) is 0 Å². The molecule has 0 saturated heterocycles. The van der Waals surface area contributed by atoms with Gasteiger partial charge in [0.1, 0.15) is 5.52 Å². The number of nitrogens with zero attached hydrogens (tertiary/aromatic N) is 2. The van der Waals surface area contributed by atoms with Crippen molar-refractivity contribution in [1.29, 1.82) is 0 Å². The normalized spacial score (nSPS) is 10.5. The Balaban J connectivity index is 2.21. The zero-order chi connectivity index (χ0) is 12.4. The van der Waals surface area contributed by atoms with Crippen LogP contribution in [0.4, 0.5) is 4.79 Å². The summed E-state index contributed by atoms with van der Waals surface area (Å²) in [5.41, 5.74) is 4.59. The maximum absolute atomic E-state index is 11.2. The molecular formula is C11H14N4O2. The van der Waals surface area contributed by atoms with Crippen molar-refractivity contribution in [2.45, 2.75) is 13.5 Å². The highest BCUT2D eigenvalue weighted by Gasteiger charge is 2.08. The van der Waals surface area contributed by atoms with Crippen LogP contribution in [0, 0.1) is 6.92 Å². The van der Waals surface area contributed by atoms with Gasteiger partial charge in [-0.15, -0.1) is 0 Å². The Hall–Kier alpha value is -2.08. The molecule has 0 aliphatic rings. The Bertz CT molecular complexity index is 549. The minimum atomic E-state index is -0.332. The monoisotopic (exact) mass is 234 g/mol. The van der Waals surface area contributed by atoms with E-state index in [2.05, 4.69) is 10.4 Å². The second kappa shape index (κ2) is 4.42. The lowest BCUT2D eigenvalue weighted by atomic mass is 10.2. The zero-order valence-electron chi connectivity index (χ0n) is 9.73. The van der Waals surface area contributed by atoms with Gasteiger partial charge in [-0.2, -0.15) is 0 Å². The number of urea groups is 1. The average molecular weight is 234 g/mol. The van der Waals surface area contributed by atoms with E-state index in [0.29, 0.717) is 12.4 Å². The van der Waals surface area contributed by atoms with Gasteiger partial charge in [-0.1, -0.05) is 6.07 Å². The molecule has 2 aromatic rings. The third-order valence-corrected chi connectivity index (χ3v) is 2.45. The second-order valence-corrected chi connectivity index (χ2v) is 3.84. The second-order valence-electron chi connectivity index (χ2n) is 3.84. The summed E-state index contributed by atoms with van der Waals surface area (Å²) in [5.74, 6) is 5.68. The van der Waals surface area contributed by atoms with Gasteiger partial charge in [0, 0.05) is 20.5 Å². The Morgan fingerprint density at radius 1 is 1.59 bits per heavy atom. The summed E-state index contributed by atoms with van der Waals surface area (Å²) in [6.45, 7) is 2.26. The largest absolute Gasteiger partial charge is 0.441 e. The van der Waals surface area contributed by atoms with Crippen LogP contribution in [-0.2, 0) is 6.54 Å². The number of oxazole rings is 1. The topological polar surface area (TPSA) is 84.4 Å². The number of fused-ring (bicyclic) bond motifs is 1. The van der Waals surface area contributed by atoms with Crippen LogP contribution in [0.15, 0.2) is 22.6 Å². The first-order valence-electron chi connectivity index (χ1n) is 5.18. The molecule has 2 amide bonds. The van der Waals surface area contributed by atoms with E-state index in [0.717, 1.165) is 16.7 Å². The molecule has 6 heteroatoms. The number of aryl methyl sites for hydroxylation is 1. The zero-order valence-corrected chi connectivity index (χ0v) is 9.73. The lowest BCUT2D eigenvalue weighted by molar-refractivity contribution is 0.207. The van der Waals surface area contributed by atoms with Crippen molar-refractivity contribution in [2.24, 2.45) is 5.84 Å². The summed E-state index contributed by atoms with van der Waals surface area (Å²) in [5, 5.41) is 0. The van der Waals surface area contributed by atoms with Gasteiger partial charge >= 0.3 is 6.03 Å². The predicted octanol–water partition coefficient (Wildman–Crippen LogP) is 1.15. The predicted molar refractivity (Wildman–Crippen MR) is 62.9 cm³/mol. The van der Waals surface area contributed by atoms with Crippen LogP contribution >= 0.6 is 0 Å².